The lowest BCUT2D eigenvalue weighted by Gasteiger charge is -2.22. The van der Waals surface area contributed by atoms with Crippen LogP contribution < -0.4 is 0 Å². The molecule has 1 aromatic heterocycles. The van der Waals surface area contributed by atoms with E-state index in [1.807, 2.05) is 24.3 Å². The van der Waals surface area contributed by atoms with Crippen LogP contribution in [0.5, 0.6) is 0 Å². The third-order valence-electron chi connectivity index (χ3n) is 3.97. The van der Waals surface area contributed by atoms with Gasteiger partial charge in [-0.15, -0.1) is 0 Å². The maximum atomic E-state index is 11.4. The summed E-state index contributed by atoms with van der Waals surface area (Å²) >= 11 is 0. The third kappa shape index (κ3) is 1.80. The van der Waals surface area contributed by atoms with Gasteiger partial charge in [-0.05, 0) is 30.4 Å². The molecule has 1 saturated carbocycles. The van der Waals surface area contributed by atoms with Crippen molar-refractivity contribution in [3.05, 3.63) is 35.5 Å². The average Bonchev–Trinajstić information content (AvgIpc) is 2.79. The molecule has 0 radical (unpaired) electrons. The van der Waals surface area contributed by atoms with Crippen LogP contribution in [0, 0.1) is 0 Å². The van der Waals surface area contributed by atoms with Gasteiger partial charge in [-0.2, -0.15) is 0 Å². The second-order valence-corrected chi connectivity index (χ2v) is 5.10. The zero-order valence-electron chi connectivity index (χ0n) is 10.3. The first-order chi connectivity index (χ1) is 8.77. The second-order valence-electron chi connectivity index (χ2n) is 5.10. The summed E-state index contributed by atoms with van der Waals surface area (Å²) in [4.78, 5) is 14.5. The van der Waals surface area contributed by atoms with E-state index in [4.69, 9.17) is 0 Å². The van der Waals surface area contributed by atoms with Gasteiger partial charge in [-0.3, -0.25) is 0 Å². The number of aromatic nitrogens is 1. The van der Waals surface area contributed by atoms with Gasteiger partial charge in [0.25, 0.3) is 0 Å². The Labute approximate surface area is 106 Å². The summed E-state index contributed by atoms with van der Waals surface area (Å²) in [5, 5.41) is 10.5. The Balaban J connectivity index is 2.17. The number of carboxylic acids is 1. The molecule has 3 rings (SSSR count). The van der Waals surface area contributed by atoms with Gasteiger partial charge in [-0.1, -0.05) is 37.5 Å². The van der Waals surface area contributed by atoms with Gasteiger partial charge < -0.3 is 10.1 Å². The van der Waals surface area contributed by atoms with Crippen LogP contribution in [0.1, 0.15) is 54.1 Å². The van der Waals surface area contributed by atoms with Crippen LogP contribution in [0.2, 0.25) is 0 Å². The van der Waals surface area contributed by atoms with Crippen molar-refractivity contribution in [2.24, 2.45) is 0 Å². The fourth-order valence-corrected chi connectivity index (χ4v) is 3.15. The van der Waals surface area contributed by atoms with Crippen molar-refractivity contribution >= 4 is 16.9 Å². The van der Waals surface area contributed by atoms with Gasteiger partial charge >= 0.3 is 5.97 Å². The summed E-state index contributed by atoms with van der Waals surface area (Å²) in [6, 6.07) is 7.90. The molecule has 1 aromatic carbocycles. The van der Waals surface area contributed by atoms with Crippen LogP contribution in [0.3, 0.4) is 0 Å². The molecule has 1 aliphatic carbocycles. The number of carboxylic acid groups (broad SMARTS) is 1. The van der Waals surface area contributed by atoms with Crippen LogP contribution in [-0.2, 0) is 0 Å². The maximum Gasteiger partial charge on any atom is 0.352 e. The van der Waals surface area contributed by atoms with Gasteiger partial charge in [0.2, 0.25) is 0 Å². The Morgan fingerprint density at radius 1 is 1.17 bits per heavy atom. The number of carbonyl (C=O) groups is 1. The Morgan fingerprint density at radius 3 is 2.61 bits per heavy atom. The molecule has 0 spiro atoms. The van der Waals surface area contributed by atoms with Gasteiger partial charge in [0.15, 0.2) is 0 Å². The number of hydrogen-bond acceptors (Lipinski definition) is 1. The highest BCUT2D eigenvalue weighted by Crippen LogP contribution is 2.38. The summed E-state index contributed by atoms with van der Waals surface area (Å²) in [6.07, 6.45) is 5.93. The summed E-state index contributed by atoms with van der Waals surface area (Å²) in [5.41, 5.74) is 2.36. The number of fused-ring (bicyclic) bond motifs is 1. The highest BCUT2D eigenvalue weighted by molar-refractivity contribution is 5.97. The molecule has 94 valence electrons. The number of rotatable bonds is 2. The third-order valence-corrected chi connectivity index (χ3v) is 3.97. The smallest absolute Gasteiger partial charge is 0.352 e. The molecule has 1 fully saturated rings. The monoisotopic (exact) mass is 243 g/mol. The molecule has 2 aromatic rings. The highest BCUT2D eigenvalue weighted by Gasteiger charge is 2.25. The van der Waals surface area contributed by atoms with Crippen molar-refractivity contribution in [3.8, 4) is 0 Å². The molecule has 0 unspecified atom stereocenters. The van der Waals surface area contributed by atoms with E-state index in [9.17, 15) is 9.90 Å². The van der Waals surface area contributed by atoms with Crippen molar-refractivity contribution in [2.45, 2.75) is 38.0 Å². The van der Waals surface area contributed by atoms with Crippen LogP contribution in [0.25, 0.3) is 10.9 Å². The van der Waals surface area contributed by atoms with Crippen molar-refractivity contribution in [2.75, 3.05) is 0 Å². The summed E-state index contributed by atoms with van der Waals surface area (Å²) in [5.74, 6) is -0.437. The second kappa shape index (κ2) is 4.48. The van der Waals surface area contributed by atoms with E-state index in [0.717, 1.165) is 29.3 Å². The number of H-pyrrole nitrogens is 1. The number of aromatic amines is 1. The molecule has 2 N–H and O–H groups in total. The zero-order chi connectivity index (χ0) is 12.5. The lowest BCUT2D eigenvalue weighted by atomic mass is 9.82. The van der Waals surface area contributed by atoms with Gasteiger partial charge in [-0.25, -0.2) is 4.79 Å². The maximum absolute atomic E-state index is 11.4. The lowest BCUT2D eigenvalue weighted by molar-refractivity contribution is 0.0689. The number of hydrogen-bond donors (Lipinski definition) is 2. The Morgan fingerprint density at radius 2 is 1.89 bits per heavy atom. The molecule has 0 bridgehead atoms. The van der Waals surface area contributed by atoms with Crippen LogP contribution in [0.4, 0.5) is 0 Å². The zero-order valence-corrected chi connectivity index (χ0v) is 10.3. The first-order valence-corrected chi connectivity index (χ1v) is 6.61. The highest BCUT2D eigenvalue weighted by atomic mass is 16.4. The molecule has 0 atom stereocenters. The minimum Gasteiger partial charge on any atom is -0.477 e. The lowest BCUT2D eigenvalue weighted by Crippen LogP contribution is -2.09. The average molecular weight is 243 g/mol. The van der Waals surface area contributed by atoms with Crippen LogP contribution in [0.15, 0.2) is 24.3 Å². The quantitative estimate of drug-likeness (QED) is 0.840. The van der Waals surface area contributed by atoms with E-state index in [0.29, 0.717) is 11.6 Å². The van der Waals surface area contributed by atoms with Crippen molar-refractivity contribution in [3.63, 3.8) is 0 Å². The summed E-state index contributed by atoms with van der Waals surface area (Å²) < 4.78 is 0. The van der Waals surface area contributed by atoms with Gasteiger partial charge in [0, 0.05) is 10.9 Å². The van der Waals surface area contributed by atoms with Gasteiger partial charge in [0.1, 0.15) is 5.69 Å². The van der Waals surface area contributed by atoms with E-state index >= 15 is 0 Å². The topological polar surface area (TPSA) is 53.1 Å². The first kappa shape index (κ1) is 11.3. The minimum absolute atomic E-state index is 0.392. The predicted octanol–water partition coefficient (Wildman–Crippen LogP) is 3.91. The van der Waals surface area contributed by atoms with E-state index in [1.54, 1.807) is 0 Å². The van der Waals surface area contributed by atoms with Gasteiger partial charge in [0.05, 0.1) is 0 Å². The van der Waals surface area contributed by atoms with Crippen LogP contribution >= 0.6 is 0 Å². The normalized spacial score (nSPS) is 17.1. The van der Waals surface area contributed by atoms with Crippen molar-refractivity contribution < 1.29 is 9.90 Å². The molecule has 3 nitrogen and oxygen atoms in total. The summed E-state index contributed by atoms with van der Waals surface area (Å²) in [6.45, 7) is 0. The van der Waals surface area contributed by atoms with Crippen LogP contribution in [-0.4, -0.2) is 16.1 Å². The fourth-order valence-electron chi connectivity index (χ4n) is 3.15. The molecular weight excluding hydrogens is 226 g/mol. The molecule has 0 amide bonds. The Hall–Kier alpha value is -1.77. The minimum atomic E-state index is -0.841. The molecular formula is C15H17NO2. The molecule has 3 heteroatoms. The Bertz CT molecular complexity index is 579. The van der Waals surface area contributed by atoms with Crippen molar-refractivity contribution in [1.29, 1.82) is 0 Å². The molecule has 0 aliphatic heterocycles. The summed E-state index contributed by atoms with van der Waals surface area (Å²) in [7, 11) is 0. The molecule has 0 saturated heterocycles. The standard InChI is InChI=1S/C15H17NO2/c17-15(18)14-13(10-6-2-1-3-7-10)11-8-4-5-9-12(11)16-14/h4-5,8-10,16H,1-3,6-7H2,(H,17,18). The Kier molecular flexibility index (Phi) is 2.82. The number of benzene rings is 1. The molecule has 18 heavy (non-hydrogen) atoms. The number of aromatic carboxylic acids is 1. The predicted molar refractivity (Wildman–Crippen MR) is 71.1 cm³/mol. The molecule has 1 aliphatic rings. The SMILES string of the molecule is O=C(O)c1[nH]c2ccccc2c1C1CCCCC1. The fraction of sp³-hybridized carbons (Fsp3) is 0.400. The van der Waals surface area contributed by atoms with Crippen molar-refractivity contribution in [1.82, 2.24) is 4.98 Å². The number of para-hydroxylation sites is 1. The largest absolute Gasteiger partial charge is 0.477 e. The van der Waals surface area contributed by atoms with E-state index in [2.05, 4.69) is 4.98 Å². The molecule has 1 heterocycles. The van der Waals surface area contributed by atoms with E-state index in [1.165, 1.54) is 19.3 Å². The van der Waals surface area contributed by atoms with E-state index in [-0.39, 0.29) is 0 Å². The first-order valence-electron chi connectivity index (χ1n) is 6.61. The number of nitrogens with one attached hydrogen (secondary N) is 1. The van der Waals surface area contributed by atoms with E-state index < -0.39 is 5.97 Å².